The van der Waals surface area contributed by atoms with Crippen molar-refractivity contribution in [2.45, 2.75) is 20.8 Å². The second-order valence-corrected chi connectivity index (χ2v) is 7.98. The molecule has 6 nitrogen and oxygen atoms in total. The van der Waals surface area contributed by atoms with Crippen molar-refractivity contribution in [1.29, 1.82) is 0 Å². The fourth-order valence-electron chi connectivity index (χ4n) is 2.57. The van der Waals surface area contributed by atoms with Gasteiger partial charge in [0.05, 0.1) is 10.5 Å². The summed E-state index contributed by atoms with van der Waals surface area (Å²) in [4.78, 5) is 32.0. The number of nitrogens with one attached hydrogen (secondary N) is 1. The Hall–Kier alpha value is -2.19. The number of hydrogen-bond donors (Lipinski definition) is 1. The summed E-state index contributed by atoms with van der Waals surface area (Å²) in [5.74, 6) is 0.698. The zero-order chi connectivity index (χ0) is 18.8. The topological polar surface area (TPSA) is 66.7 Å². The summed E-state index contributed by atoms with van der Waals surface area (Å²) in [6.45, 7) is 7.21. The van der Waals surface area contributed by atoms with Crippen molar-refractivity contribution in [3.8, 4) is 0 Å². The van der Waals surface area contributed by atoms with Crippen LogP contribution in [0.2, 0.25) is 0 Å². The van der Waals surface area contributed by atoms with Crippen LogP contribution >= 0.6 is 24.0 Å². The van der Waals surface area contributed by atoms with Crippen molar-refractivity contribution in [1.82, 2.24) is 14.3 Å². The molecule has 1 saturated heterocycles. The molecule has 136 valence electrons. The van der Waals surface area contributed by atoms with Gasteiger partial charge in [-0.15, -0.1) is 0 Å². The van der Waals surface area contributed by atoms with Crippen molar-refractivity contribution in [2.75, 3.05) is 18.4 Å². The molecule has 1 aliphatic heterocycles. The van der Waals surface area contributed by atoms with Crippen LogP contribution in [0.15, 0.2) is 34.1 Å². The van der Waals surface area contributed by atoms with Crippen LogP contribution in [0.5, 0.6) is 0 Å². The number of carbonyl (C=O) groups excluding carboxylic acids is 1. The number of fused-ring (bicyclic) bond motifs is 1. The molecule has 3 rings (SSSR count). The van der Waals surface area contributed by atoms with Gasteiger partial charge in [-0.3, -0.25) is 18.9 Å². The number of thioether (sulfide) groups is 1. The van der Waals surface area contributed by atoms with Gasteiger partial charge in [-0.25, -0.2) is 4.98 Å². The molecule has 0 saturated carbocycles. The first-order valence-corrected chi connectivity index (χ1v) is 9.65. The van der Waals surface area contributed by atoms with E-state index in [1.54, 1.807) is 24.4 Å². The lowest BCUT2D eigenvalue weighted by atomic mass is 10.2. The molecule has 0 aliphatic carbocycles. The minimum atomic E-state index is -0.219. The van der Waals surface area contributed by atoms with Gasteiger partial charge in [-0.1, -0.05) is 43.9 Å². The van der Waals surface area contributed by atoms with Gasteiger partial charge in [0.25, 0.3) is 11.5 Å². The van der Waals surface area contributed by atoms with E-state index in [1.165, 1.54) is 21.1 Å². The first-order valence-electron chi connectivity index (χ1n) is 8.43. The number of aromatic nitrogens is 2. The van der Waals surface area contributed by atoms with Gasteiger partial charge >= 0.3 is 0 Å². The number of likely N-dealkylation sites (N-methyl/N-ethyl adjacent to an activating group) is 1. The molecule has 1 amide bonds. The SMILES string of the molecule is CCN1C(=O)C(=Cc2c(NCC(C)C)nc3ccccn3c2=O)SC1=S. The van der Waals surface area contributed by atoms with Crippen LogP contribution in [-0.2, 0) is 4.79 Å². The Morgan fingerprint density at radius 1 is 1.35 bits per heavy atom. The van der Waals surface area contributed by atoms with Gasteiger partial charge in [0.1, 0.15) is 15.8 Å². The van der Waals surface area contributed by atoms with E-state index in [4.69, 9.17) is 12.2 Å². The zero-order valence-electron chi connectivity index (χ0n) is 14.9. The van der Waals surface area contributed by atoms with Crippen molar-refractivity contribution in [3.05, 3.63) is 45.2 Å². The quantitative estimate of drug-likeness (QED) is 0.627. The summed E-state index contributed by atoms with van der Waals surface area (Å²) in [6.07, 6.45) is 3.28. The predicted molar refractivity (Wildman–Crippen MR) is 110 cm³/mol. The largest absolute Gasteiger partial charge is 0.369 e. The number of anilines is 1. The van der Waals surface area contributed by atoms with E-state index in [9.17, 15) is 9.59 Å². The maximum Gasteiger partial charge on any atom is 0.267 e. The smallest absolute Gasteiger partial charge is 0.267 e. The number of hydrogen-bond acceptors (Lipinski definition) is 6. The number of amides is 1. The van der Waals surface area contributed by atoms with E-state index in [-0.39, 0.29) is 11.5 Å². The van der Waals surface area contributed by atoms with E-state index < -0.39 is 0 Å². The Morgan fingerprint density at radius 2 is 2.12 bits per heavy atom. The zero-order valence-corrected chi connectivity index (χ0v) is 16.5. The minimum absolute atomic E-state index is 0.171. The molecule has 1 fully saturated rings. The lowest BCUT2D eigenvalue weighted by Crippen LogP contribution is -2.27. The molecule has 1 N–H and O–H groups in total. The number of carbonyl (C=O) groups is 1. The highest BCUT2D eigenvalue weighted by molar-refractivity contribution is 8.26. The molecule has 0 atom stereocenters. The summed E-state index contributed by atoms with van der Waals surface area (Å²) in [6, 6.07) is 5.39. The summed E-state index contributed by atoms with van der Waals surface area (Å²) in [5.41, 5.74) is 0.705. The Balaban J connectivity index is 2.14. The van der Waals surface area contributed by atoms with Crippen LogP contribution in [-0.4, -0.2) is 37.6 Å². The third kappa shape index (κ3) is 3.52. The number of rotatable bonds is 5. The molecule has 0 unspecified atom stereocenters. The highest BCUT2D eigenvalue weighted by atomic mass is 32.2. The molecule has 0 bridgehead atoms. The maximum atomic E-state index is 13.0. The van der Waals surface area contributed by atoms with Gasteiger partial charge in [0, 0.05) is 19.3 Å². The molecule has 8 heteroatoms. The molecule has 1 aliphatic rings. The van der Waals surface area contributed by atoms with Gasteiger partial charge < -0.3 is 5.32 Å². The molecule has 3 heterocycles. The van der Waals surface area contributed by atoms with E-state index in [0.29, 0.717) is 45.3 Å². The van der Waals surface area contributed by atoms with Crippen LogP contribution in [0.4, 0.5) is 5.82 Å². The summed E-state index contributed by atoms with van der Waals surface area (Å²) in [5, 5.41) is 3.23. The number of pyridine rings is 1. The Labute approximate surface area is 161 Å². The van der Waals surface area contributed by atoms with E-state index >= 15 is 0 Å². The number of thiocarbonyl (C=S) groups is 1. The summed E-state index contributed by atoms with van der Waals surface area (Å²) < 4.78 is 1.99. The fourth-order valence-corrected chi connectivity index (χ4v) is 3.94. The Bertz CT molecular complexity index is 965. The van der Waals surface area contributed by atoms with Gasteiger partial charge in [0.2, 0.25) is 0 Å². The van der Waals surface area contributed by atoms with Crippen molar-refractivity contribution in [2.24, 2.45) is 5.92 Å². The number of nitrogens with zero attached hydrogens (tertiary/aromatic N) is 3. The van der Waals surface area contributed by atoms with Crippen LogP contribution in [0, 0.1) is 5.92 Å². The van der Waals surface area contributed by atoms with Crippen LogP contribution < -0.4 is 10.9 Å². The van der Waals surface area contributed by atoms with Gasteiger partial charge in [-0.2, -0.15) is 0 Å². The van der Waals surface area contributed by atoms with E-state index in [1.807, 2.05) is 13.0 Å². The molecule has 0 radical (unpaired) electrons. The second-order valence-electron chi connectivity index (χ2n) is 6.31. The Morgan fingerprint density at radius 3 is 2.77 bits per heavy atom. The van der Waals surface area contributed by atoms with Gasteiger partial charge in [0.15, 0.2) is 0 Å². The van der Waals surface area contributed by atoms with Gasteiger partial charge in [-0.05, 0) is 31.1 Å². The average molecular weight is 389 g/mol. The highest BCUT2D eigenvalue weighted by Crippen LogP contribution is 2.32. The lowest BCUT2D eigenvalue weighted by Gasteiger charge is -2.12. The molecule has 0 spiro atoms. The molecule has 2 aromatic heterocycles. The van der Waals surface area contributed by atoms with Crippen LogP contribution in [0.1, 0.15) is 26.3 Å². The molecular weight excluding hydrogens is 368 g/mol. The summed E-state index contributed by atoms with van der Waals surface area (Å²) >= 11 is 6.46. The first kappa shape index (κ1) is 18.6. The van der Waals surface area contributed by atoms with Crippen molar-refractivity contribution < 1.29 is 4.79 Å². The van der Waals surface area contributed by atoms with Crippen LogP contribution in [0.3, 0.4) is 0 Å². The molecular formula is C18H20N4O2S2. The summed E-state index contributed by atoms with van der Waals surface area (Å²) in [7, 11) is 0. The molecule has 2 aromatic rings. The second kappa shape index (κ2) is 7.59. The Kier molecular flexibility index (Phi) is 5.43. The van der Waals surface area contributed by atoms with Crippen molar-refractivity contribution >= 4 is 51.7 Å². The standard InChI is InChI=1S/C18H20N4O2S2/c1-4-21-17(24)13(26-18(21)25)9-12-15(19-10-11(2)3)20-14-7-5-6-8-22(14)16(12)23/h5-9,11,19H,4,10H2,1-3H3. The minimum Gasteiger partial charge on any atom is -0.369 e. The third-order valence-electron chi connectivity index (χ3n) is 3.91. The van der Waals surface area contributed by atoms with E-state index in [2.05, 4.69) is 24.1 Å². The fraction of sp³-hybridized carbons (Fsp3) is 0.333. The van der Waals surface area contributed by atoms with Crippen LogP contribution in [0.25, 0.3) is 11.7 Å². The predicted octanol–water partition coefficient (Wildman–Crippen LogP) is 2.98. The lowest BCUT2D eigenvalue weighted by molar-refractivity contribution is -0.121. The monoisotopic (exact) mass is 388 g/mol. The molecule has 0 aromatic carbocycles. The maximum absolute atomic E-state index is 13.0. The average Bonchev–Trinajstić information content (AvgIpc) is 2.88. The first-order chi connectivity index (χ1) is 12.4. The van der Waals surface area contributed by atoms with Crippen molar-refractivity contribution in [3.63, 3.8) is 0 Å². The highest BCUT2D eigenvalue weighted by Gasteiger charge is 2.31. The van der Waals surface area contributed by atoms with E-state index in [0.717, 1.165) is 0 Å². The third-order valence-corrected chi connectivity index (χ3v) is 5.29. The molecule has 26 heavy (non-hydrogen) atoms. The normalized spacial score (nSPS) is 16.3.